The lowest BCUT2D eigenvalue weighted by Gasteiger charge is -2.35. The highest BCUT2D eigenvalue weighted by molar-refractivity contribution is 5.75. The maximum Gasteiger partial charge on any atom is 0.322 e. The number of methoxy groups -OCH3 is 1. The Balaban J connectivity index is 2.04. The highest BCUT2D eigenvalue weighted by Gasteiger charge is 2.29. The van der Waals surface area contributed by atoms with E-state index >= 15 is 0 Å². The number of rotatable bonds is 3. The molecule has 0 bridgehead atoms. The fourth-order valence-electron chi connectivity index (χ4n) is 2.22. The summed E-state index contributed by atoms with van der Waals surface area (Å²) in [6, 6.07) is 5.97. The molecule has 19 heavy (non-hydrogen) atoms. The number of hydrogen-bond acceptors (Lipinski definition) is 4. The molecule has 1 aromatic rings. The van der Waals surface area contributed by atoms with E-state index in [0.29, 0.717) is 19.7 Å². The number of nitrogens with zero attached hydrogens (tertiary/aromatic N) is 1. The molecule has 0 aliphatic carbocycles. The summed E-state index contributed by atoms with van der Waals surface area (Å²) in [6.45, 7) is 3.65. The fourth-order valence-corrected chi connectivity index (χ4v) is 2.22. The molecule has 0 unspecified atom stereocenters. The van der Waals surface area contributed by atoms with Crippen molar-refractivity contribution >= 4 is 5.97 Å². The van der Waals surface area contributed by atoms with Crippen LogP contribution in [0.4, 0.5) is 4.39 Å². The zero-order valence-corrected chi connectivity index (χ0v) is 11.1. The SMILES string of the molecule is COC(=O)[C@H](C)N1CCO[C@@H](c2ccc(F)cc2)C1. The van der Waals surface area contributed by atoms with Crippen LogP contribution in [0.5, 0.6) is 0 Å². The van der Waals surface area contributed by atoms with Crippen LogP contribution in [-0.4, -0.2) is 43.7 Å². The summed E-state index contributed by atoms with van der Waals surface area (Å²) >= 11 is 0. The van der Waals surface area contributed by atoms with E-state index in [-0.39, 0.29) is 23.9 Å². The van der Waals surface area contributed by atoms with Crippen molar-refractivity contribution in [1.82, 2.24) is 4.90 Å². The molecule has 5 heteroatoms. The predicted octanol–water partition coefficient (Wildman–Crippen LogP) is 1.76. The zero-order valence-electron chi connectivity index (χ0n) is 11.1. The van der Waals surface area contributed by atoms with Crippen molar-refractivity contribution in [1.29, 1.82) is 0 Å². The van der Waals surface area contributed by atoms with Crippen molar-refractivity contribution < 1.29 is 18.7 Å². The van der Waals surface area contributed by atoms with Gasteiger partial charge in [-0.25, -0.2) is 4.39 Å². The average Bonchev–Trinajstić information content (AvgIpc) is 2.46. The highest BCUT2D eigenvalue weighted by atomic mass is 19.1. The van der Waals surface area contributed by atoms with Gasteiger partial charge in [0.2, 0.25) is 0 Å². The topological polar surface area (TPSA) is 38.8 Å². The molecule has 0 aromatic heterocycles. The van der Waals surface area contributed by atoms with Gasteiger partial charge in [-0.2, -0.15) is 0 Å². The number of hydrogen-bond donors (Lipinski definition) is 0. The van der Waals surface area contributed by atoms with E-state index in [4.69, 9.17) is 9.47 Å². The second-order valence-corrected chi connectivity index (χ2v) is 4.61. The number of halogens is 1. The van der Waals surface area contributed by atoms with E-state index in [1.54, 1.807) is 12.1 Å². The molecule has 4 nitrogen and oxygen atoms in total. The van der Waals surface area contributed by atoms with Crippen molar-refractivity contribution in [3.63, 3.8) is 0 Å². The summed E-state index contributed by atoms with van der Waals surface area (Å²) in [5, 5.41) is 0. The fraction of sp³-hybridized carbons (Fsp3) is 0.500. The Labute approximate surface area is 112 Å². The van der Waals surface area contributed by atoms with E-state index in [1.165, 1.54) is 19.2 Å². The number of benzene rings is 1. The Morgan fingerprint density at radius 2 is 2.16 bits per heavy atom. The number of ether oxygens (including phenoxy) is 2. The molecule has 1 heterocycles. The summed E-state index contributed by atoms with van der Waals surface area (Å²) < 4.78 is 23.3. The first kappa shape index (κ1) is 14.0. The van der Waals surface area contributed by atoms with Crippen LogP contribution in [0.1, 0.15) is 18.6 Å². The van der Waals surface area contributed by atoms with E-state index < -0.39 is 0 Å². The maximum atomic E-state index is 12.9. The van der Waals surface area contributed by atoms with Crippen molar-refractivity contribution in [3.05, 3.63) is 35.6 Å². The second-order valence-electron chi connectivity index (χ2n) is 4.61. The zero-order chi connectivity index (χ0) is 13.8. The summed E-state index contributed by atoms with van der Waals surface area (Å²) in [6.07, 6.45) is -0.138. The maximum absolute atomic E-state index is 12.9. The van der Waals surface area contributed by atoms with Gasteiger partial charge < -0.3 is 9.47 Å². The minimum absolute atomic E-state index is 0.138. The van der Waals surface area contributed by atoms with Gasteiger partial charge in [0.25, 0.3) is 0 Å². The third kappa shape index (κ3) is 3.30. The molecule has 0 radical (unpaired) electrons. The minimum Gasteiger partial charge on any atom is -0.468 e. The van der Waals surface area contributed by atoms with Crippen LogP contribution in [-0.2, 0) is 14.3 Å². The molecule has 2 atom stereocenters. The molecular weight excluding hydrogens is 249 g/mol. The standard InChI is InChI=1S/C14H18FNO3/c1-10(14(17)18-2)16-7-8-19-13(9-16)11-3-5-12(15)6-4-11/h3-6,10,13H,7-9H2,1-2H3/t10-,13+/m0/s1. The number of carbonyl (C=O) groups excluding carboxylic acids is 1. The van der Waals surface area contributed by atoms with Gasteiger partial charge in [0, 0.05) is 13.1 Å². The van der Waals surface area contributed by atoms with E-state index in [2.05, 4.69) is 0 Å². The molecule has 0 spiro atoms. The Hall–Kier alpha value is -1.46. The van der Waals surface area contributed by atoms with Crippen molar-refractivity contribution in [2.24, 2.45) is 0 Å². The molecule has 1 aliphatic rings. The first-order chi connectivity index (χ1) is 9.11. The largest absolute Gasteiger partial charge is 0.468 e. The van der Waals surface area contributed by atoms with Gasteiger partial charge in [0.05, 0.1) is 19.8 Å². The molecule has 1 saturated heterocycles. The van der Waals surface area contributed by atoms with Crippen molar-refractivity contribution in [3.8, 4) is 0 Å². The molecule has 1 aromatic carbocycles. The van der Waals surface area contributed by atoms with E-state index in [1.807, 2.05) is 11.8 Å². The van der Waals surface area contributed by atoms with Gasteiger partial charge in [-0.15, -0.1) is 0 Å². The van der Waals surface area contributed by atoms with Crippen LogP contribution in [0, 0.1) is 5.82 Å². The molecule has 104 valence electrons. The lowest BCUT2D eigenvalue weighted by molar-refractivity contribution is -0.149. The number of carbonyl (C=O) groups is 1. The van der Waals surface area contributed by atoms with Crippen LogP contribution < -0.4 is 0 Å². The van der Waals surface area contributed by atoms with E-state index in [9.17, 15) is 9.18 Å². The normalized spacial score (nSPS) is 21.9. The minimum atomic E-state index is -0.295. The average molecular weight is 267 g/mol. The number of morpholine rings is 1. The molecule has 0 amide bonds. The van der Waals surface area contributed by atoms with Gasteiger partial charge in [-0.1, -0.05) is 12.1 Å². The van der Waals surface area contributed by atoms with Crippen LogP contribution in [0.2, 0.25) is 0 Å². The van der Waals surface area contributed by atoms with Gasteiger partial charge >= 0.3 is 5.97 Å². The molecule has 2 rings (SSSR count). The quantitative estimate of drug-likeness (QED) is 0.782. The summed E-state index contributed by atoms with van der Waals surface area (Å²) in [7, 11) is 1.39. The van der Waals surface area contributed by atoms with Crippen molar-refractivity contribution in [2.75, 3.05) is 26.8 Å². The van der Waals surface area contributed by atoms with Crippen LogP contribution >= 0.6 is 0 Å². The summed E-state index contributed by atoms with van der Waals surface area (Å²) in [5.41, 5.74) is 0.920. The van der Waals surface area contributed by atoms with Gasteiger partial charge in [0.1, 0.15) is 11.9 Å². The smallest absolute Gasteiger partial charge is 0.322 e. The van der Waals surface area contributed by atoms with Gasteiger partial charge in [-0.3, -0.25) is 9.69 Å². The van der Waals surface area contributed by atoms with Gasteiger partial charge in [-0.05, 0) is 24.6 Å². The Morgan fingerprint density at radius 3 is 2.79 bits per heavy atom. The van der Waals surface area contributed by atoms with E-state index in [0.717, 1.165) is 5.56 Å². The molecule has 0 N–H and O–H groups in total. The Morgan fingerprint density at radius 1 is 1.47 bits per heavy atom. The Kier molecular flexibility index (Phi) is 4.50. The highest BCUT2D eigenvalue weighted by Crippen LogP contribution is 2.23. The lowest BCUT2D eigenvalue weighted by atomic mass is 10.1. The first-order valence-electron chi connectivity index (χ1n) is 6.30. The van der Waals surface area contributed by atoms with Crippen LogP contribution in [0.3, 0.4) is 0 Å². The number of esters is 1. The molecular formula is C14H18FNO3. The first-order valence-corrected chi connectivity index (χ1v) is 6.30. The molecule has 1 aliphatic heterocycles. The predicted molar refractivity (Wildman–Crippen MR) is 68.1 cm³/mol. The second kappa shape index (κ2) is 6.12. The van der Waals surface area contributed by atoms with Crippen LogP contribution in [0.25, 0.3) is 0 Å². The lowest BCUT2D eigenvalue weighted by Crippen LogP contribution is -2.47. The molecule has 1 fully saturated rings. The van der Waals surface area contributed by atoms with Crippen LogP contribution in [0.15, 0.2) is 24.3 Å². The van der Waals surface area contributed by atoms with Gasteiger partial charge in [0.15, 0.2) is 0 Å². The van der Waals surface area contributed by atoms with Crippen molar-refractivity contribution in [2.45, 2.75) is 19.1 Å². The Bertz CT molecular complexity index is 435. The summed E-state index contributed by atoms with van der Waals surface area (Å²) in [5.74, 6) is -0.515. The molecule has 0 saturated carbocycles. The third-order valence-electron chi connectivity index (χ3n) is 3.43. The third-order valence-corrected chi connectivity index (χ3v) is 3.43. The summed E-state index contributed by atoms with van der Waals surface area (Å²) in [4.78, 5) is 13.6. The monoisotopic (exact) mass is 267 g/mol.